The number of anilines is 1. The van der Waals surface area contributed by atoms with Gasteiger partial charge in [0.25, 0.3) is 0 Å². The summed E-state index contributed by atoms with van der Waals surface area (Å²) in [4.78, 5) is 24.9. The Bertz CT molecular complexity index is 1210. The monoisotopic (exact) mass is 499 g/mol. The van der Waals surface area contributed by atoms with Gasteiger partial charge in [-0.15, -0.1) is 5.10 Å². The minimum atomic E-state index is -0.753. The fourth-order valence-corrected chi connectivity index (χ4v) is 4.58. The van der Waals surface area contributed by atoms with Gasteiger partial charge in [0.1, 0.15) is 11.4 Å². The fraction of sp³-hybridized carbons (Fsp3) is 0.500. The van der Waals surface area contributed by atoms with Crippen molar-refractivity contribution in [1.82, 2.24) is 29.9 Å². The van der Waals surface area contributed by atoms with Gasteiger partial charge in [0.2, 0.25) is 5.95 Å². The van der Waals surface area contributed by atoms with E-state index >= 15 is 0 Å². The molecular weight excluding hydrogens is 470 g/mol. The molecule has 2 N–H and O–H groups in total. The van der Waals surface area contributed by atoms with E-state index in [1.165, 1.54) is 0 Å². The second-order valence-electron chi connectivity index (χ2n) is 9.17. The number of aromatic nitrogens is 6. The maximum absolute atomic E-state index is 11.4. The highest BCUT2D eigenvalue weighted by molar-refractivity contribution is 6.31. The number of carbonyl (C=O) groups is 1. The molecule has 1 saturated carbocycles. The lowest BCUT2D eigenvalue weighted by Gasteiger charge is -2.27. The zero-order valence-corrected chi connectivity index (χ0v) is 21.1. The van der Waals surface area contributed by atoms with Crippen LogP contribution < -0.4 is 10.1 Å². The van der Waals surface area contributed by atoms with E-state index in [2.05, 4.69) is 25.6 Å². The molecule has 1 fully saturated rings. The van der Waals surface area contributed by atoms with Gasteiger partial charge in [-0.25, -0.2) is 19.6 Å². The van der Waals surface area contributed by atoms with Crippen LogP contribution in [0.5, 0.6) is 5.75 Å². The van der Waals surface area contributed by atoms with Gasteiger partial charge >= 0.3 is 5.97 Å². The summed E-state index contributed by atoms with van der Waals surface area (Å²) in [6.07, 6.45) is 4.39. The summed E-state index contributed by atoms with van der Waals surface area (Å²) < 4.78 is 7.82. The first-order chi connectivity index (χ1) is 16.7. The molecule has 3 aromatic heterocycles. The first kappa shape index (κ1) is 24.8. The van der Waals surface area contributed by atoms with Crippen molar-refractivity contribution in [2.24, 2.45) is 13.0 Å². The van der Waals surface area contributed by atoms with Crippen molar-refractivity contribution in [2.75, 3.05) is 5.32 Å². The fourth-order valence-electron chi connectivity index (χ4n) is 4.27. The van der Waals surface area contributed by atoms with Crippen LogP contribution in [-0.2, 0) is 18.4 Å². The van der Waals surface area contributed by atoms with Crippen LogP contribution in [0.3, 0.4) is 0 Å². The van der Waals surface area contributed by atoms with E-state index in [1.807, 2.05) is 40.0 Å². The van der Waals surface area contributed by atoms with Gasteiger partial charge in [0.15, 0.2) is 0 Å². The first-order valence-electron chi connectivity index (χ1n) is 11.7. The van der Waals surface area contributed by atoms with Gasteiger partial charge in [-0.1, -0.05) is 30.7 Å². The van der Waals surface area contributed by atoms with Crippen LogP contribution >= 0.6 is 11.6 Å². The molecule has 2 atom stereocenters. The van der Waals surface area contributed by atoms with E-state index in [-0.39, 0.29) is 17.9 Å². The molecule has 0 spiro atoms. The summed E-state index contributed by atoms with van der Waals surface area (Å²) in [6.45, 7) is 6.33. The summed E-state index contributed by atoms with van der Waals surface area (Å²) in [5.74, 6) is 0.208. The molecule has 10 nitrogen and oxygen atoms in total. The Kier molecular flexibility index (Phi) is 7.49. The molecule has 0 saturated heterocycles. The third kappa shape index (κ3) is 5.70. The molecule has 4 rings (SSSR count). The van der Waals surface area contributed by atoms with E-state index in [1.54, 1.807) is 10.9 Å². The molecule has 0 radical (unpaired) electrons. The van der Waals surface area contributed by atoms with Crippen molar-refractivity contribution in [3.8, 4) is 17.1 Å². The van der Waals surface area contributed by atoms with Crippen molar-refractivity contribution in [2.45, 2.75) is 65.0 Å². The topological polar surface area (TPSA) is 128 Å². The molecule has 1 aliphatic rings. The zero-order valence-electron chi connectivity index (χ0n) is 20.3. The molecule has 35 heavy (non-hydrogen) atoms. The van der Waals surface area contributed by atoms with Crippen LogP contribution in [-0.4, -0.2) is 47.1 Å². The highest BCUT2D eigenvalue weighted by atomic mass is 35.5. The number of nitrogens with one attached hydrogen (secondary N) is 1. The SMILES string of the molecule is Cc1nc(-c2nnn(C)c2CNc2ncc(Cl)c(C(C)C)n2)ccc1O[C@H]1CCC[C@H](C(=O)O)C1. The van der Waals surface area contributed by atoms with Gasteiger partial charge in [0, 0.05) is 7.05 Å². The lowest BCUT2D eigenvalue weighted by molar-refractivity contribution is -0.143. The van der Waals surface area contributed by atoms with E-state index in [0.717, 1.165) is 24.2 Å². The molecule has 0 aliphatic heterocycles. The summed E-state index contributed by atoms with van der Waals surface area (Å²) in [6, 6.07) is 3.72. The van der Waals surface area contributed by atoms with Gasteiger partial charge in [-0.05, 0) is 50.7 Å². The highest BCUT2D eigenvalue weighted by Gasteiger charge is 2.28. The van der Waals surface area contributed by atoms with Crippen LogP contribution in [0.25, 0.3) is 11.4 Å². The smallest absolute Gasteiger partial charge is 0.306 e. The molecular formula is C24H30ClN7O3. The number of hydrogen-bond donors (Lipinski definition) is 2. The highest BCUT2D eigenvalue weighted by Crippen LogP contribution is 2.30. The van der Waals surface area contributed by atoms with Crippen molar-refractivity contribution < 1.29 is 14.6 Å². The molecule has 0 bridgehead atoms. The molecule has 0 amide bonds. The van der Waals surface area contributed by atoms with Crippen molar-refractivity contribution >= 4 is 23.5 Å². The second-order valence-corrected chi connectivity index (χ2v) is 9.57. The number of carboxylic acids is 1. The van der Waals surface area contributed by atoms with Crippen molar-refractivity contribution in [3.63, 3.8) is 0 Å². The van der Waals surface area contributed by atoms with Gasteiger partial charge in [-0.3, -0.25) is 4.79 Å². The number of aliphatic carboxylic acids is 1. The van der Waals surface area contributed by atoms with Crippen LogP contribution in [0.15, 0.2) is 18.3 Å². The number of carboxylic acid groups (broad SMARTS) is 1. The largest absolute Gasteiger partial charge is 0.489 e. The number of rotatable bonds is 8. The average molecular weight is 500 g/mol. The molecule has 3 heterocycles. The Morgan fingerprint density at radius 3 is 2.83 bits per heavy atom. The molecule has 186 valence electrons. The minimum Gasteiger partial charge on any atom is -0.489 e. The Hall–Kier alpha value is -3.27. The molecule has 0 aromatic carbocycles. The lowest BCUT2D eigenvalue weighted by atomic mass is 9.87. The molecule has 3 aromatic rings. The molecule has 0 unspecified atom stereocenters. The van der Waals surface area contributed by atoms with E-state index in [9.17, 15) is 9.90 Å². The third-order valence-corrected chi connectivity index (χ3v) is 6.52. The Morgan fingerprint density at radius 1 is 1.31 bits per heavy atom. The summed E-state index contributed by atoms with van der Waals surface area (Å²) >= 11 is 6.21. The summed E-state index contributed by atoms with van der Waals surface area (Å²) in [5, 5.41) is 21.6. The number of halogens is 1. The quantitative estimate of drug-likeness (QED) is 0.463. The predicted octanol–water partition coefficient (Wildman–Crippen LogP) is 4.39. The normalized spacial score (nSPS) is 18.0. The van der Waals surface area contributed by atoms with E-state index in [0.29, 0.717) is 53.2 Å². The van der Waals surface area contributed by atoms with Crippen molar-refractivity contribution in [3.05, 3.63) is 40.4 Å². The number of nitrogens with zero attached hydrogens (tertiary/aromatic N) is 6. The van der Waals surface area contributed by atoms with Gasteiger partial charge in [0.05, 0.1) is 52.6 Å². The number of ether oxygens (including phenoxy) is 1. The van der Waals surface area contributed by atoms with Gasteiger partial charge in [-0.2, -0.15) is 0 Å². The number of aryl methyl sites for hydroxylation is 2. The Balaban J connectivity index is 1.49. The standard InChI is InChI=1S/C24H30ClN7O3/c1-13(2)21-17(25)11-26-24(29-21)27-12-19-22(30-31-32(19)4)18-8-9-20(14(3)28-18)35-16-7-5-6-15(10-16)23(33)34/h8-9,11,13,15-16H,5-7,10,12H2,1-4H3,(H,33,34)(H,26,27,29)/t15-,16-/m0/s1. The minimum absolute atomic E-state index is 0.123. The van der Waals surface area contributed by atoms with Gasteiger partial charge < -0.3 is 15.2 Å². The van der Waals surface area contributed by atoms with Crippen LogP contribution in [0.4, 0.5) is 5.95 Å². The second kappa shape index (κ2) is 10.6. The Labute approximate surface area is 209 Å². The number of hydrogen-bond acceptors (Lipinski definition) is 8. The molecule has 1 aliphatic carbocycles. The summed E-state index contributed by atoms with van der Waals surface area (Å²) in [7, 11) is 1.82. The van der Waals surface area contributed by atoms with Crippen LogP contribution in [0.2, 0.25) is 5.02 Å². The van der Waals surface area contributed by atoms with Crippen LogP contribution in [0.1, 0.15) is 62.5 Å². The average Bonchev–Trinajstić information content (AvgIpc) is 3.20. The predicted molar refractivity (Wildman–Crippen MR) is 131 cm³/mol. The van der Waals surface area contributed by atoms with Crippen LogP contribution in [0, 0.1) is 12.8 Å². The van der Waals surface area contributed by atoms with Crippen molar-refractivity contribution in [1.29, 1.82) is 0 Å². The summed E-state index contributed by atoms with van der Waals surface area (Å²) in [5.41, 5.74) is 3.65. The molecule has 11 heteroatoms. The Morgan fingerprint density at radius 2 is 2.11 bits per heavy atom. The lowest BCUT2D eigenvalue weighted by Crippen LogP contribution is -2.29. The number of pyridine rings is 1. The maximum Gasteiger partial charge on any atom is 0.306 e. The maximum atomic E-state index is 11.4. The van der Waals surface area contributed by atoms with E-state index < -0.39 is 5.97 Å². The van der Waals surface area contributed by atoms with E-state index in [4.69, 9.17) is 21.3 Å². The third-order valence-electron chi connectivity index (χ3n) is 6.22. The first-order valence-corrected chi connectivity index (χ1v) is 12.1. The zero-order chi connectivity index (χ0) is 25.1.